The lowest BCUT2D eigenvalue weighted by Gasteiger charge is -2.26. The predicted molar refractivity (Wildman–Crippen MR) is 129 cm³/mol. The molecule has 35 heavy (non-hydrogen) atoms. The van der Waals surface area contributed by atoms with Crippen LogP contribution in [0.2, 0.25) is 0 Å². The molecule has 2 aliphatic rings. The SMILES string of the molecule is O=C(NCCN1CCOCC1)Nc1nc(OCc2ccccc2)c2ncn(C3CCCCO3)c2n1. The Morgan fingerprint density at radius 3 is 2.77 bits per heavy atom. The van der Waals surface area contributed by atoms with Gasteiger partial charge in [0.15, 0.2) is 11.2 Å². The molecule has 4 heterocycles. The fraction of sp³-hybridized carbons (Fsp3) is 0.500. The van der Waals surface area contributed by atoms with Crippen molar-refractivity contribution in [1.29, 1.82) is 0 Å². The van der Waals surface area contributed by atoms with Crippen molar-refractivity contribution in [2.75, 3.05) is 51.3 Å². The molecule has 1 atom stereocenters. The minimum Gasteiger partial charge on any atom is -0.471 e. The lowest BCUT2D eigenvalue weighted by molar-refractivity contribution is -0.0298. The highest BCUT2D eigenvalue weighted by atomic mass is 16.5. The van der Waals surface area contributed by atoms with Crippen molar-refractivity contribution in [1.82, 2.24) is 29.7 Å². The van der Waals surface area contributed by atoms with Crippen LogP contribution in [-0.4, -0.2) is 76.4 Å². The van der Waals surface area contributed by atoms with Gasteiger partial charge >= 0.3 is 6.03 Å². The number of aromatic nitrogens is 4. The maximum Gasteiger partial charge on any atom is 0.321 e. The first-order chi connectivity index (χ1) is 17.3. The number of rotatable bonds is 8. The number of fused-ring (bicyclic) bond motifs is 1. The molecule has 0 saturated carbocycles. The summed E-state index contributed by atoms with van der Waals surface area (Å²) in [5, 5.41) is 5.63. The van der Waals surface area contributed by atoms with Gasteiger partial charge in [-0.25, -0.2) is 9.78 Å². The van der Waals surface area contributed by atoms with E-state index < -0.39 is 0 Å². The Morgan fingerprint density at radius 2 is 1.97 bits per heavy atom. The van der Waals surface area contributed by atoms with Crippen molar-refractivity contribution in [2.24, 2.45) is 0 Å². The summed E-state index contributed by atoms with van der Waals surface area (Å²) in [6.45, 7) is 5.49. The van der Waals surface area contributed by atoms with Crippen molar-refractivity contribution in [3.8, 4) is 5.88 Å². The van der Waals surface area contributed by atoms with Crippen LogP contribution in [0.3, 0.4) is 0 Å². The zero-order valence-electron chi connectivity index (χ0n) is 19.7. The molecular weight excluding hydrogens is 450 g/mol. The number of imidazole rings is 1. The zero-order valence-corrected chi connectivity index (χ0v) is 19.7. The van der Waals surface area contributed by atoms with Crippen LogP contribution in [0, 0.1) is 0 Å². The van der Waals surface area contributed by atoms with E-state index in [4.69, 9.17) is 14.2 Å². The van der Waals surface area contributed by atoms with Crippen molar-refractivity contribution >= 4 is 23.1 Å². The van der Waals surface area contributed by atoms with E-state index in [0.29, 0.717) is 36.8 Å². The summed E-state index contributed by atoms with van der Waals surface area (Å²) in [5.74, 6) is 0.471. The second-order valence-electron chi connectivity index (χ2n) is 8.61. The fourth-order valence-corrected chi connectivity index (χ4v) is 4.23. The molecular formula is C24H31N7O4. The summed E-state index contributed by atoms with van der Waals surface area (Å²) in [7, 11) is 0. The molecule has 2 fully saturated rings. The summed E-state index contributed by atoms with van der Waals surface area (Å²) in [6, 6.07) is 9.46. The maximum atomic E-state index is 12.6. The summed E-state index contributed by atoms with van der Waals surface area (Å²) in [5.41, 5.74) is 2.11. The first kappa shape index (κ1) is 23.5. The normalized spacial score (nSPS) is 18.9. The molecule has 1 unspecified atom stereocenters. The van der Waals surface area contributed by atoms with Gasteiger partial charge in [-0.1, -0.05) is 30.3 Å². The first-order valence-corrected chi connectivity index (χ1v) is 12.1. The zero-order chi connectivity index (χ0) is 23.9. The van der Waals surface area contributed by atoms with Crippen LogP contribution < -0.4 is 15.4 Å². The van der Waals surface area contributed by atoms with Gasteiger partial charge in [-0.05, 0) is 24.8 Å². The van der Waals surface area contributed by atoms with E-state index in [1.807, 2.05) is 34.9 Å². The van der Waals surface area contributed by atoms with E-state index >= 15 is 0 Å². The third-order valence-electron chi connectivity index (χ3n) is 6.12. The van der Waals surface area contributed by atoms with Gasteiger partial charge in [0.2, 0.25) is 11.8 Å². The molecule has 2 aliphatic heterocycles. The van der Waals surface area contributed by atoms with Crippen molar-refractivity contribution < 1.29 is 19.0 Å². The largest absolute Gasteiger partial charge is 0.471 e. The lowest BCUT2D eigenvalue weighted by atomic mass is 10.2. The van der Waals surface area contributed by atoms with Crippen LogP contribution in [0.4, 0.5) is 10.7 Å². The molecule has 0 aliphatic carbocycles. The molecule has 0 spiro atoms. The number of carbonyl (C=O) groups is 1. The van der Waals surface area contributed by atoms with Crippen LogP contribution in [0.25, 0.3) is 11.2 Å². The average Bonchev–Trinajstić information content (AvgIpc) is 3.33. The number of ether oxygens (including phenoxy) is 3. The predicted octanol–water partition coefficient (Wildman–Crippen LogP) is 2.56. The van der Waals surface area contributed by atoms with Gasteiger partial charge in [0, 0.05) is 32.8 Å². The highest BCUT2D eigenvalue weighted by molar-refractivity contribution is 5.89. The van der Waals surface area contributed by atoms with E-state index in [0.717, 1.165) is 57.7 Å². The van der Waals surface area contributed by atoms with Crippen LogP contribution in [-0.2, 0) is 16.1 Å². The summed E-state index contributed by atoms with van der Waals surface area (Å²) < 4.78 is 19.2. The molecule has 11 nitrogen and oxygen atoms in total. The number of nitrogens with one attached hydrogen (secondary N) is 2. The number of morpholine rings is 1. The van der Waals surface area contributed by atoms with Crippen LogP contribution >= 0.6 is 0 Å². The van der Waals surface area contributed by atoms with Gasteiger partial charge in [-0.2, -0.15) is 9.97 Å². The molecule has 2 saturated heterocycles. The smallest absolute Gasteiger partial charge is 0.321 e. The van der Waals surface area contributed by atoms with E-state index in [1.165, 1.54) is 0 Å². The topological polar surface area (TPSA) is 116 Å². The van der Waals surface area contributed by atoms with E-state index in [2.05, 4.69) is 30.5 Å². The van der Waals surface area contributed by atoms with Crippen molar-refractivity contribution in [3.63, 3.8) is 0 Å². The van der Waals surface area contributed by atoms with Gasteiger partial charge in [0.05, 0.1) is 19.5 Å². The quantitative estimate of drug-likeness (QED) is 0.504. The van der Waals surface area contributed by atoms with Gasteiger partial charge in [0.25, 0.3) is 0 Å². The Bertz CT molecular complexity index is 1110. The number of carbonyl (C=O) groups excluding carboxylic acids is 1. The monoisotopic (exact) mass is 481 g/mol. The second kappa shape index (κ2) is 11.4. The third kappa shape index (κ3) is 6.05. The van der Waals surface area contributed by atoms with Gasteiger partial charge in [-0.15, -0.1) is 0 Å². The molecule has 0 bridgehead atoms. The Labute approximate surface area is 203 Å². The molecule has 3 aromatic rings. The molecule has 2 N–H and O–H groups in total. The summed E-state index contributed by atoms with van der Waals surface area (Å²) >= 11 is 0. The number of urea groups is 1. The Balaban J connectivity index is 1.32. The number of amides is 2. The molecule has 1 aromatic carbocycles. The molecule has 186 valence electrons. The van der Waals surface area contributed by atoms with Crippen LogP contribution in [0.5, 0.6) is 5.88 Å². The second-order valence-corrected chi connectivity index (χ2v) is 8.61. The van der Waals surface area contributed by atoms with Gasteiger partial charge in [-0.3, -0.25) is 14.8 Å². The standard InChI is InChI=1S/C24H31N7O4/c32-24(25-9-10-30-11-14-33-15-12-30)29-23-27-21-20(26-17-31(21)19-8-4-5-13-34-19)22(28-23)35-16-18-6-2-1-3-7-18/h1-3,6-7,17,19H,4-5,8-16H2,(H2,25,27,28,29,32). The molecule has 2 aromatic heterocycles. The van der Waals surface area contributed by atoms with Crippen molar-refractivity contribution in [3.05, 3.63) is 42.2 Å². The highest BCUT2D eigenvalue weighted by Gasteiger charge is 2.22. The number of benzene rings is 1. The number of hydrogen-bond donors (Lipinski definition) is 2. The minimum atomic E-state index is -0.369. The van der Waals surface area contributed by atoms with Crippen LogP contribution in [0.1, 0.15) is 31.1 Å². The number of hydrogen-bond acceptors (Lipinski definition) is 8. The number of nitrogens with zero attached hydrogens (tertiary/aromatic N) is 5. The third-order valence-corrected chi connectivity index (χ3v) is 6.12. The van der Waals surface area contributed by atoms with E-state index in [9.17, 15) is 4.79 Å². The lowest BCUT2D eigenvalue weighted by Crippen LogP contribution is -2.42. The fourth-order valence-electron chi connectivity index (χ4n) is 4.23. The minimum absolute atomic E-state index is 0.152. The van der Waals surface area contributed by atoms with E-state index in [1.54, 1.807) is 6.33 Å². The van der Waals surface area contributed by atoms with E-state index in [-0.39, 0.29) is 18.2 Å². The molecule has 11 heteroatoms. The van der Waals surface area contributed by atoms with Gasteiger partial charge < -0.3 is 19.5 Å². The highest BCUT2D eigenvalue weighted by Crippen LogP contribution is 2.29. The molecule has 0 radical (unpaired) electrons. The van der Waals surface area contributed by atoms with Gasteiger partial charge in [0.1, 0.15) is 12.8 Å². The summed E-state index contributed by atoms with van der Waals surface area (Å²) in [4.78, 5) is 28.4. The molecule has 2 amide bonds. The van der Waals surface area contributed by atoms with Crippen molar-refractivity contribution in [2.45, 2.75) is 32.1 Å². The molecule has 5 rings (SSSR count). The Hall–Kier alpha value is -3.28. The number of anilines is 1. The average molecular weight is 482 g/mol. The first-order valence-electron chi connectivity index (χ1n) is 12.1. The summed E-state index contributed by atoms with van der Waals surface area (Å²) in [6.07, 6.45) is 4.54. The Morgan fingerprint density at radius 1 is 1.11 bits per heavy atom. The Kier molecular flexibility index (Phi) is 7.66. The van der Waals surface area contributed by atoms with Crippen LogP contribution in [0.15, 0.2) is 36.7 Å². The maximum absolute atomic E-state index is 12.6.